The number of halogens is 3. The third kappa shape index (κ3) is 5.39. The van der Waals surface area contributed by atoms with Gasteiger partial charge in [0, 0.05) is 13.0 Å². The van der Waals surface area contributed by atoms with Gasteiger partial charge in [0.15, 0.2) is 0 Å². The first-order chi connectivity index (χ1) is 7.78. The Hall–Kier alpha value is -0.780. The standard InChI is InChI=1S/C11H18F3NO2/c1-8(5-10(16)17)9-3-2-4-15(6-9)7-11(12,13)14/h8-9H,2-7H2,1H3,(H,16,17). The molecule has 1 aliphatic rings. The third-order valence-corrected chi connectivity index (χ3v) is 3.25. The summed E-state index contributed by atoms with van der Waals surface area (Å²) in [7, 11) is 0. The minimum absolute atomic E-state index is 0.0323. The molecular formula is C11H18F3NO2. The Morgan fingerprint density at radius 1 is 1.53 bits per heavy atom. The molecule has 0 aromatic rings. The number of aliphatic carboxylic acids is 1. The number of carboxylic acid groups (broad SMARTS) is 1. The van der Waals surface area contributed by atoms with Gasteiger partial charge >= 0.3 is 12.1 Å². The van der Waals surface area contributed by atoms with E-state index in [9.17, 15) is 18.0 Å². The van der Waals surface area contributed by atoms with Gasteiger partial charge < -0.3 is 5.11 Å². The Morgan fingerprint density at radius 2 is 2.18 bits per heavy atom. The van der Waals surface area contributed by atoms with Gasteiger partial charge in [-0.2, -0.15) is 13.2 Å². The zero-order chi connectivity index (χ0) is 13.1. The van der Waals surface area contributed by atoms with Gasteiger partial charge in [0.2, 0.25) is 0 Å². The number of alkyl halides is 3. The smallest absolute Gasteiger partial charge is 0.401 e. The van der Waals surface area contributed by atoms with E-state index in [0.717, 1.165) is 6.42 Å². The van der Waals surface area contributed by atoms with Crippen LogP contribution in [0.5, 0.6) is 0 Å². The molecule has 3 nitrogen and oxygen atoms in total. The van der Waals surface area contributed by atoms with E-state index in [-0.39, 0.29) is 18.3 Å². The largest absolute Gasteiger partial charge is 0.481 e. The molecule has 0 saturated carbocycles. The van der Waals surface area contributed by atoms with Crippen LogP contribution in [0.3, 0.4) is 0 Å². The molecule has 0 aromatic carbocycles. The van der Waals surface area contributed by atoms with Gasteiger partial charge in [0.25, 0.3) is 0 Å². The van der Waals surface area contributed by atoms with E-state index >= 15 is 0 Å². The highest BCUT2D eigenvalue weighted by atomic mass is 19.4. The quantitative estimate of drug-likeness (QED) is 0.836. The first-order valence-corrected chi connectivity index (χ1v) is 5.79. The van der Waals surface area contributed by atoms with Crippen LogP contribution in [-0.2, 0) is 4.79 Å². The predicted molar refractivity (Wildman–Crippen MR) is 56.6 cm³/mol. The van der Waals surface area contributed by atoms with Crippen molar-refractivity contribution in [1.29, 1.82) is 0 Å². The number of hydrogen-bond acceptors (Lipinski definition) is 2. The van der Waals surface area contributed by atoms with Gasteiger partial charge in [-0.25, -0.2) is 0 Å². The van der Waals surface area contributed by atoms with Crippen molar-refractivity contribution in [2.45, 2.75) is 32.4 Å². The van der Waals surface area contributed by atoms with E-state index in [0.29, 0.717) is 19.5 Å². The molecule has 17 heavy (non-hydrogen) atoms. The van der Waals surface area contributed by atoms with E-state index in [1.165, 1.54) is 4.90 Å². The molecule has 1 heterocycles. The lowest BCUT2D eigenvalue weighted by atomic mass is 9.85. The minimum Gasteiger partial charge on any atom is -0.481 e. The average molecular weight is 253 g/mol. The molecular weight excluding hydrogens is 235 g/mol. The van der Waals surface area contributed by atoms with Gasteiger partial charge in [-0.3, -0.25) is 9.69 Å². The Bertz CT molecular complexity index is 268. The molecule has 2 unspecified atom stereocenters. The molecule has 0 radical (unpaired) electrons. The monoisotopic (exact) mass is 253 g/mol. The van der Waals surface area contributed by atoms with Crippen LogP contribution in [0.4, 0.5) is 13.2 Å². The first kappa shape index (κ1) is 14.3. The van der Waals surface area contributed by atoms with Crippen molar-refractivity contribution in [2.75, 3.05) is 19.6 Å². The molecule has 6 heteroatoms. The summed E-state index contributed by atoms with van der Waals surface area (Å²) >= 11 is 0. The van der Waals surface area contributed by atoms with Gasteiger partial charge in [0.1, 0.15) is 0 Å². The third-order valence-electron chi connectivity index (χ3n) is 3.25. The summed E-state index contributed by atoms with van der Waals surface area (Å²) in [6, 6.07) is 0. The number of piperidine rings is 1. The van der Waals surface area contributed by atoms with Crippen molar-refractivity contribution in [3.05, 3.63) is 0 Å². The summed E-state index contributed by atoms with van der Waals surface area (Å²) in [6.07, 6.45) is -2.60. The van der Waals surface area contributed by atoms with Crippen molar-refractivity contribution in [3.8, 4) is 0 Å². The second kappa shape index (κ2) is 5.71. The van der Waals surface area contributed by atoms with Crippen molar-refractivity contribution in [1.82, 2.24) is 4.90 Å². The van der Waals surface area contributed by atoms with Crippen molar-refractivity contribution in [3.63, 3.8) is 0 Å². The van der Waals surface area contributed by atoms with Crippen LogP contribution < -0.4 is 0 Å². The highest BCUT2D eigenvalue weighted by Gasteiger charge is 2.34. The average Bonchev–Trinajstić information content (AvgIpc) is 2.14. The lowest BCUT2D eigenvalue weighted by Crippen LogP contribution is -2.43. The van der Waals surface area contributed by atoms with Crippen molar-refractivity contribution >= 4 is 5.97 Å². The molecule has 0 amide bonds. The second-order valence-corrected chi connectivity index (χ2v) is 4.83. The SMILES string of the molecule is CC(CC(=O)O)C1CCCN(CC(F)(F)F)C1. The Balaban J connectivity index is 2.45. The molecule has 0 aromatic heterocycles. The fraction of sp³-hybridized carbons (Fsp3) is 0.909. The van der Waals surface area contributed by atoms with E-state index in [1.807, 2.05) is 0 Å². The highest BCUT2D eigenvalue weighted by molar-refractivity contribution is 5.66. The van der Waals surface area contributed by atoms with Crippen LogP contribution in [0.1, 0.15) is 26.2 Å². The number of rotatable bonds is 4. The van der Waals surface area contributed by atoms with Crippen LogP contribution in [-0.4, -0.2) is 41.8 Å². The Kier molecular flexibility index (Phi) is 4.80. The lowest BCUT2D eigenvalue weighted by molar-refractivity contribution is -0.151. The Morgan fingerprint density at radius 3 is 2.71 bits per heavy atom. The normalized spacial score (nSPS) is 24.6. The van der Waals surface area contributed by atoms with Gasteiger partial charge in [-0.05, 0) is 31.2 Å². The fourth-order valence-corrected chi connectivity index (χ4v) is 2.40. The molecule has 2 atom stereocenters. The van der Waals surface area contributed by atoms with Gasteiger partial charge in [-0.15, -0.1) is 0 Å². The molecule has 1 N–H and O–H groups in total. The van der Waals surface area contributed by atoms with Crippen LogP contribution in [0.25, 0.3) is 0 Å². The molecule has 1 fully saturated rings. The molecule has 1 saturated heterocycles. The maximum Gasteiger partial charge on any atom is 0.401 e. The van der Waals surface area contributed by atoms with Crippen LogP contribution in [0.15, 0.2) is 0 Å². The molecule has 0 bridgehead atoms. The highest BCUT2D eigenvalue weighted by Crippen LogP contribution is 2.28. The van der Waals surface area contributed by atoms with Crippen molar-refractivity contribution in [2.24, 2.45) is 11.8 Å². The number of hydrogen-bond donors (Lipinski definition) is 1. The summed E-state index contributed by atoms with van der Waals surface area (Å²) in [4.78, 5) is 12.0. The number of nitrogens with zero attached hydrogens (tertiary/aromatic N) is 1. The van der Waals surface area contributed by atoms with Crippen LogP contribution >= 0.6 is 0 Å². The van der Waals surface area contributed by atoms with Crippen molar-refractivity contribution < 1.29 is 23.1 Å². The molecule has 100 valence electrons. The van der Waals surface area contributed by atoms with Gasteiger partial charge in [-0.1, -0.05) is 6.92 Å². The lowest BCUT2D eigenvalue weighted by Gasteiger charge is -2.35. The number of likely N-dealkylation sites (tertiary alicyclic amines) is 1. The topological polar surface area (TPSA) is 40.5 Å². The van der Waals surface area contributed by atoms with E-state index in [4.69, 9.17) is 5.11 Å². The minimum atomic E-state index is -4.17. The summed E-state index contributed by atoms with van der Waals surface area (Å²) in [6.45, 7) is 1.73. The van der Waals surface area contributed by atoms with Gasteiger partial charge in [0.05, 0.1) is 6.54 Å². The van der Waals surface area contributed by atoms with Crippen LogP contribution in [0.2, 0.25) is 0 Å². The summed E-state index contributed by atoms with van der Waals surface area (Å²) in [5.41, 5.74) is 0. The summed E-state index contributed by atoms with van der Waals surface area (Å²) in [5, 5.41) is 8.67. The number of carboxylic acids is 1. The molecule has 1 rings (SSSR count). The Labute approximate surface area is 98.6 Å². The van der Waals surface area contributed by atoms with Crippen LogP contribution in [0, 0.1) is 11.8 Å². The maximum atomic E-state index is 12.2. The van der Waals surface area contributed by atoms with E-state index in [2.05, 4.69) is 0 Å². The predicted octanol–water partition coefficient (Wildman–Crippen LogP) is 2.37. The van der Waals surface area contributed by atoms with E-state index < -0.39 is 18.7 Å². The second-order valence-electron chi connectivity index (χ2n) is 4.83. The number of carbonyl (C=O) groups is 1. The molecule has 0 spiro atoms. The molecule has 0 aliphatic carbocycles. The zero-order valence-electron chi connectivity index (χ0n) is 9.83. The van der Waals surface area contributed by atoms with E-state index in [1.54, 1.807) is 6.92 Å². The zero-order valence-corrected chi connectivity index (χ0v) is 9.83. The summed E-state index contributed by atoms with van der Waals surface area (Å²) < 4.78 is 36.7. The first-order valence-electron chi connectivity index (χ1n) is 5.79. The maximum absolute atomic E-state index is 12.2. The fourth-order valence-electron chi connectivity index (χ4n) is 2.40. The molecule has 1 aliphatic heterocycles. The summed E-state index contributed by atoms with van der Waals surface area (Å²) in [5.74, 6) is -0.892.